The molecule has 3 N–H and O–H groups in total. The summed E-state index contributed by atoms with van der Waals surface area (Å²) in [5.41, 5.74) is 8.54. The highest BCUT2D eigenvalue weighted by atomic mass is 19.1. The van der Waals surface area contributed by atoms with Gasteiger partial charge in [-0.05, 0) is 84.7 Å². The zero-order valence-corrected chi connectivity index (χ0v) is 25.2. The van der Waals surface area contributed by atoms with Gasteiger partial charge in [-0.25, -0.2) is 4.39 Å². The zero-order valence-electron chi connectivity index (χ0n) is 25.2. The number of fused-ring (bicyclic) bond motifs is 1. The third kappa shape index (κ3) is 7.19. The average Bonchev–Trinajstić information content (AvgIpc) is 3.86. The Kier molecular flexibility index (Phi) is 9.80. The van der Waals surface area contributed by atoms with Crippen LogP contribution < -0.4 is 15.2 Å². The van der Waals surface area contributed by atoms with E-state index in [0.717, 1.165) is 70.9 Å². The van der Waals surface area contributed by atoms with Gasteiger partial charge < -0.3 is 25.2 Å². The number of hydrogen-bond donors (Lipinski definition) is 2. The van der Waals surface area contributed by atoms with Crippen molar-refractivity contribution in [2.75, 3.05) is 20.2 Å². The second kappa shape index (κ2) is 13.9. The predicted molar refractivity (Wildman–Crippen MR) is 170 cm³/mol. The summed E-state index contributed by atoms with van der Waals surface area (Å²) in [6.45, 7) is 3.86. The van der Waals surface area contributed by atoms with Crippen LogP contribution in [0.15, 0.2) is 72.8 Å². The van der Waals surface area contributed by atoms with E-state index in [2.05, 4.69) is 23.1 Å². The molecular formula is C36H39FN2O5. The molecule has 1 saturated carbocycles. The van der Waals surface area contributed by atoms with Crippen LogP contribution in [0.5, 0.6) is 11.5 Å². The molecule has 0 aromatic heterocycles. The summed E-state index contributed by atoms with van der Waals surface area (Å²) in [5.74, 6) is -0.427. The number of likely N-dealkylation sites (tertiary alicyclic amines) is 1. The Morgan fingerprint density at radius 3 is 2.20 bits per heavy atom. The predicted octanol–water partition coefficient (Wildman–Crippen LogP) is 6.77. The molecule has 230 valence electrons. The molecule has 2 aliphatic rings. The number of ether oxygens (including phenoxy) is 2. The first-order valence-electron chi connectivity index (χ1n) is 15.1. The number of carboxylic acids is 1. The fourth-order valence-corrected chi connectivity index (χ4v) is 6.02. The monoisotopic (exact) mass is 598 g/mol. The lowest BCUT2D eigenvalue weighted by Crippen LogP contribution is -2.39. The van der Waals surface area contributed by atoms with E-state index >= 15 is 0 Å². The van der Waals surface area contributed by atoms with Gasteiger partial charge in [-0.15, -0.1) is 0 Å². The normalized spacial score (nSPS) is 15.3. The van der Waals surface area contributed by atoms with Crippen molar-refractivity contribution in [1.82, 2.24) is 4.90 Å². The lowest BCUT2D eigenvalue weighted by Gasteiger charge is -2.32. The lowest BCUT2D eigenvalue weighted by atomic mass is 9.93. The lowest BCUT2D eigenvalue weighted by molar-refractivity contribution is -0.136. The molecule has 1 heterocycles. The van der Waals surface area contributed by atoms with Crippen molar-refractivity contribution in [1.29, 1.82) is 0 Å². The Morgan fingerprint density at radius 2 is 1.57 bits per heavy atom. The Morgan fingerprint density at radius 1 is 0.909 bits per heavy atom. The molecule has 1 saturated heterocycles. The maximum atomic E-state index is 12.8. The number of nitrogens with zero attached hydrogens (tertiary/aromatic N) is 1. The van der Waals surface area contributed by atoms with Gasteiger partial charge in [0.15, 0.2) is 0 Å². The fraction of sp³-hybridized carbons (Fsp3) is 0.333. The third-order valence-electron chi connectivity index (χ3n) is 8.40. The van der Waals surface area contributed by atoms with E-state index in [1.54, 1.807) is 20.1 Å². The van der Waals surface area contributed by atoms with Crippen LogP contribution in [0.25, 0.3) is 21.9 Å². The van der Waals surface area contributed by atoms with Crippen molar-refractivity contribution in [3.63, 3.8) is 0 Å². The average molecular weight is 599 g/mol. The number of rotatable bonds is 9. The first-order chi connectivity index (χ1) is 21.3. The maximum absolute atomic E-state index is 12.8. The van der Waals surface area contributed by atoms with Gasteiger partial charge in [-0.2, -0.15) is 0 Å². The van der Waals surface area contributed by atoms with E-state index in [0.29, 0.717) is 12.0 Å². The van der Waals surface area contributed by atoms with E-state index in [4.69, 9.17) is 20.3 Å². The van der Waals surface area contributed by atoms with Crippen LogP contribution in [-0.4, -0.2) is 54.2 Å². The molecule has 0 radical (unpaired) electrons. The number of hydrogen-bond acceptors (Lipinski definition) is 5. The van der Waals surface area contributed by atoms with Crippen LogP contribution >= 0.6 is 0 Å². The summed E-state index contributed by atoms with van der Waals surface area (Å²) in [7, 11) is 1.69. The van der Waals surface area contributed by atoms with Gasteiger partial charge in [0, 0.05) is 25.6 Å². The van der Waals surface area contributed by atoms with Crippen molar-refractivity contribution in [2.24, 2.45) is 5.73 Å². The van der Waals surface area contributed by atoms with E-state index in [1.165, 1.54) is 25.0 Å². The number of carbonyl (C=O) groups excluding carboxylic acids is 1. The van der Waals surface area contributed by atoms with Crippen molar-refractivity contribution >= 4 is 22.6 Å². The summed E-state index contributed by atoms with van der Waals surface area (Å²) in [4.78, 5) is 24.4. The van der Waals surface area contributed by atoms with Gasteiger partial charge in [0.2, 0.25) is 0 Å². The van der Waals surface area contributed by atoms with Crippen LogP contribution in [0, 0.1) is 12.7 Å². The molecule has 0 spiro atoms. The molecule has 0 atom stereocenters. The first kappa shape index (κ1) is 31.0. The number of amides is 1. The zero-order chi connectivity index (χ0) is 31.2. The number of aliphatic carboxylic acids is 1. The quantitative estimate of drug-likeness (QED) is 0.220. The topological polar surface area (TPSA) is 102 Å². The van der Waals surface area contributed by atoms with Gasteiger partial charge in [0.05, 0.1) is 18.2 Å². The van der Waals surface area contributed by atoms with Crippen molar-refractivity contribution in [2.45, 2.75) is 57.6 Å². The van der Waals surface area contributed by atoms with Crippen molar-refractivity contribution in [3.05, 3.63) is 95.3 Å². The molecule has 1 aliphatic carbocycles. The SMILES string of the molecule is COc1cccc(OC2CCN(C3CC3)CC2)c1-c1cccc2c(CCC(=O)O)cccc12.Cc1cccc(F)c1C(N)=O. The molecule has 0 unspecified atom stereocenters. The molecule has 4 aromatic rings. The van der Waals surface area contributed by atoms with Gasteiger partial charge in [-0.1, -0.05) is 54.6 Å². The number of piperidine rings is 1. The van der Waals surface area contributed by atoms with Gasteiger partial charge in [0.1, 0.15) is 23.4 Å². The van der Waals surface area contributed by atoms with Crippen molar-refractivity contribution in [3.8, 4) is 22.6 Å². The second-order valence-electron chi connectivity index (χ2n) is 11.4. The van der Waals surface area contributed by atoms with E-state index in [1.807, 2.05) is 36.4 Å². The van der Waals surface area contributed by atoms with Gasteiger partial charge in [-0.3, -0.25) is 9.59 Å². The molecule has 44 heavy (non-hydrogen) atoms. The third-order valence-corrected chi connectivity index (χ3v) is 8.40. The maximum Gasteiger partial charge on any atom is 0.303 e. The standard InChI is InChI=1S/C28H31NO4.C8H8FNO/c1-32-25-9-4-10-26(33-21-15-17-29(18-16-21)20-12-13-20)28(25)24-8-3-6-22-19(11-14-27(30)31)5-2-7-23(22)24;1-5-3-2-4-6(9)7(5)8(10)11/h2-10,20-21H,11-18H2,1H3,(H,30,31);2-4H,1H3,(H2,10,11). The number of methoxy groups -OCH3 is 1. The Hall–Kier alpha value is -4.43. The Bertz CT molecular complexity index is 1620. The van der Waals surface area contributed by atoms with E-state index in [-0.39, 0.29) is 18.1 Å². The molecule has 1 aliphatic heterocycles. The molecule has 0 bridgehead atoms. The summed E-state index contributed by atoms with van der Waals surface area (Å²) in [6, 6.07) is 23.5. The number of benzene rings is 4. The van der Waals surface area contributed by atoms with Crippen LogP contribution in [0.1, 0.15) is 53.6 Å². The summed E-state index contributed by atoms with van der Waals surface area (Å²) >= 11 is 0. The minimum Gasteiger partial charge on any atom is -0.496 e. The van der Waals surface area contributed by atoms with E-state index < -0.39 is 17.7 Å². The van der Waals surface area contributed by atoms with Crippen LogP contribution in [-0.2, 0) is 11.2 Å². The number of aryl methyl sites for hydroxylation is 2. The van der Waals surface area contributed by atoms with Gasteiger partial charge in [0.25, 0.3) is 5.91 Å². The summed E-state index contributed by atoms with van der Waals surface area (Å²) < 4.78 is 25.2. The Balaban J connectivity index is 0.000000296. The molecule has 2 fully saturated rings. The second-order valence-corrected chi connectivity index (χ2v) is 11.4. The highest BCUT2D eigenvalue weighted by molar-refractivity contribution is 6.01. The van der Waals surface area contributed by atoms with Crippen LogP contribution in [0.2, 0.25) is 0 Å². The van der Waals surface area contributed by atoms with E-state index in [9.17, 15) is 14.0 Å². The molecular weight excluding hydrogens is 559 g/mol. The number of halogens is 1. The molecule has 4 aromatic carbocycles. The molecule has 6 rings (SSSR count). The number of nitrogens with two attached hydrogens (primary N) is 1. The van der Waals surface area contributed by atoms with Crippen molar-refractivity contribution < 1.29 is 28.6 Å². The number of carbonyl (C=O) groups is 2. The van der Waals surface area contributed by atoms with Crippen LogP contribution in [0.3, 0.4) is 0 Å². The minimum atomic E-state index is -0.781. The number of carboxylic acid groups (broad SMARTS) is 1. The summed E-state index contributed by atoms with van der Waals surface area (Å²) in [6.07, 6.45) is 5.61. The van der Waals surface area contributed by atoms with Crippen LogP contribution in [0.4, 0.5) is 4.39 Å². The highest BCUT2D eigenvalue weighted by Gasteiger charge is 2.32. The first-order valence-corrected chi connectivity index (χ1v) is 15.1. The largest absolute Gasteiger partial charge is 0.496 e. The summed E-state index contributed by atoms with van der Waals surface area (Å²) in [5, 5.41) is 11.3. The fourth-order valence-electron chi connectivity index (χ4n) is 6.02. The smallest absolute Gasteiger partial charge is 0.303 e. The number of primary amides is 1. The molecule has 1 amide bonds. The van der Waals surface area contributed by atoms with Gasteiger partial charge >= 0.3 is 5.97 Å². The molecule has 8 heteroatoms. The minimum absolute atomic E-state index is 0.0208. The highest BCUT2D eigenvalue weighted by Crippen LogP contribution is 2.43. The Labute approximate surface area is 257 Å². The molecule has 7 nitrogen and oxygen atoms in total.